The molecule has 24 heavy (non-hydrogen) atoms. The molecule has 0 spiro atoms. The maximum atomic E-state index is 12.7. The third kappa shape index (κ3) is 2.56. The van der Waals surface area contributed by atoms with Gasteiger partial charge in [-0.2, -0.15) is 5.10 Å². The van der Waals surface area contributed by atoms with Crippen LogP contribution in [0, 0.1) is 5.92 Å². The third-order valence-electron chi connectivity index (χ3n) is 4.05. The van der Waals surface area contributed by atoms with Gasteiger partial charge in [0, 0.05) is 6.20 Å². The Morgan fingerprint density at radius 2 is 2.00 bits per heavy atom. The molecule has 3 rings (SSSR count). The Bertz CT molecular complexity index is 905. The second kappa shape index (κ2) is 5.88. The minimum Gasteiger partial charge on any atom is -0.270 e. The molecule has 6 heteroatoms. The molecule has 0 saturated carbocycles. The molecule has 0 saturated heterocycles. The van der Waals surface area contributed by atoms with Gasteiger partial charge in [0.2, 0.25) is 0 Å². The average molecular weight is 322 g/mol. The highest BCUT2D eigenvalue weighted by atomic mass is 16.2. The summed E-state index contributed by atoms with van der Waals surface area (Å²) in [4.78, 5) is 30.5. The summed E-state index contributed by atoms with van der Waals surface area (Å²) in [5, 5.41) is 7.14. The minimum absolute atomic E-state index is 0.133. The van der Waals surface area contributed by atoms with Gasteiger partial charge in [-0.15, -0.1) is 0 Å². The zero-order valence-electron chi connectivity index (χ0n) is 13.7. The van der Waals surface area contributed by atoms with Gasteiger partial charge in [0.1, 0.15) is 0 Å². The molecule has 0 unspecified atom stereocenters. The van der Waals surface area contributed by atoms with Gasteiger partial charge in [0.15, 0.2) is 5.65 Å². The zero-order chi connectivity index (χ0) is 17.4. The summed E-state index contributed by atoms with van der Waals surface area (Å²) in [6.07, 6.45) is 6.57. The highest BCUT2D eigenvalue weighted by Gasteiger charge is 2.37. The van der Waals surface area contributed by atoms with Crippen LogP contribution in [-0.4, -0.2) is 38.4 Å². The van der Waals surface area contributed by atoms with Crippen molar-refractivity contribution in [3.05, 3.63) is 60.0 Å². The Labute approximate surface area is 139 Å². The molecule has 0 bridgehead atoms. The standard InChI is InChI=1S/C18H18N4O2/c1-10(2)12(4)6-5-11(3)9-22-17(23)14-7-19-16-13(8-20-21-16)15(14)18(22)24/h5-8,10H,3-4,9H2,1-2H3,(H,19,20,21)/b6-5-. The lowest BCUT2D eigenvalue weighted by atomic mass is 10.0. The van der Waals surface area contributed by atoms with Crippen LogP contribution in [0.1, 0.15) is 34.6 Å². The number of carbonyl (C=O) groups excluding carboxylic acids is 2. The van der Waals surface area contributed by atoms with Gasteiger partial charge in [-0.3, -0.25) is 19.6 Å². The van der Waals surface area contributed by atoms with E-state index in [4.69, 9.17) is 0 Å². The van der Waals surface area contributed by atoms with Crippen molar-refractivity contribution in [3.8, 4) is 0 Å². The number of nitrogens with one attached hydrogen (secondary N) is 1. The molecule has 122 valence electrons. The van der Waals surface area contributed by atoms with Crippen molar-refractivity contribution in [2.24, 2.45) is 5.92 Å². The van der Waals surface area contributed by atoms with Gasteiger partial charge in [-0.1, -0.05) is 44.7 Å². The van der Waals surface area contributed by atoms with Crippen LogP contribution in [0.4, 0.5) is 0 Å². The van der Waals surface area contributed by atoms with Crippen LogP contribution in [0.25, 0.3) is 11.0 Å². The number of rotatable bonds is 5. The van der Waals surface area contributed by atoms with Crippen molar-refractivity contribution in [1.82, 2.24) is 20.1 Å². The fourth-order valence-electron chi connectivity index (χ4n) is 2.48. The van der Waals surface area contributed by atoms with E-state index in [2.05, 4.69) is 28.3 Å². The number of amides is 2. The van der Waals surface area contributed by atoms with Crippen molar-refractivity contribution in [1.29, 1.82) is 0 Å². The fourth-order valence-corrected chi connectivity index (χ4v) is 2.48. The molecule has 0 radical (unpaired) electrons. The molecule has 2 amide bonds. The van der Waals surface area contributed by atoms with Crippen LogP contribution in [0.5, 0.6) is 0 Å². The molecule has 2 aromatic heterocycles. The summed E-state index contributed by atoms with van der Waals surface area (Å²) in [6.45, 7) is 12.1. The summed E-state index contributed by atoms with van der Waals surface area (Å²) in [6, 6.07) is 0. The number of aromatic nitrogens is 3. The highest BCUT2D eigenvalue weighted by Crippen LogP contribution is 2.28. The van der Waals surface area contributed by atoms with Gasteiger partial charge < -0.3 is 0 Å². The Balaban J connectivity index is 1.83. The maximum Gasteiger partial charge on any atom is 0.263 e. The first kappa shape index (κ1) is 15.9. The molecule has 1 aliphatic rings. The van der Waals surface area contributed by atoms with E-state index in [9.17, 15) is 9.59 Å². The van der Waals surface area contributed by atoms with E-state index >= 15 is 0 Å². The lowest BCUT2D eigenvalue weighted by Crippen LogP contribution is -2.31. The number of imide groups is 1. The Morgan fingerprint density at radius 1 is 1.25 bits per heavy atom. The van der Waals surface area contributed by atoms with Gasteiger partial charge in [0.25, 0.3) is 11.8 Å². The second-order valence-electron chi connectivity index (χ2n) is 6.10. The van der Waals surface area contributed by atoms with Gasteiger partial charge >= 0.3 is 0 Å². The van der Waals surface area contributed by atoms with Crippen molar-refractivity contribution in [3.63, 3.8) is 0 Å². The number of fused-ring (bicyclic) bond motifs is 3. The number of hydrogen-bond acceptors (Lipinski definition) is 4. The van der Waals surface area contributed by atoms with E-state index in [1.54, 1.807) is 6.08 Å². The largest absolute Gasteiger partial charge is 0.270 e. The topological polar surface area (TPSA) is 79.0 Å². The predicted octanol–water partition coefficient (Wildman–Crippen LogP) is 2.88. The lowest BCUT2D eigenvalue weighted by Gasteiger charge is -2.14. The summed E-state index contributed by atoms with van der Waals surface area (Å²) in [7, 11) is 0. The monoisotopic (exact) mass is 322 g/mol. The van der Waals surface area contributed by atoms with Crippen molar-refractivity contribution in [2.45, 2.75) is 13.8 Å². The summed E-state index contributed by atoms with van der Waals surface area (Å²) < 4.78 is 0. The zero-order valence-corrected chi connectivity index (χ0v) is 13.7. The van der Waals surface area contributed by atoms with Crippen LogP contribution in [0.15, 0.2) is 48.8 Å². The van der Waals surface area contributed by atoms with Crippen molar-refractivity contribution in [2.75, 3.05) is 6.54 Å². The molecular formula is C18H18N4O2. The van der Waals surface area contributed by atoms with E-state index < -0.39 is 0 Å². The molecule has 0 fully saturated rings. The number of nitrogens with zero attached hydrogens (tertiary/aromatic N) is 3. The SMILES string of the molecule is C=C(/C=C\C(=C)C(C)C)CN1C(=O)c2cnc3[nH]ncc3c2C1=O. The summed E-state index contributed by atoms with van der Waals surface area (Å²) >= 11 is 0. The number of H-pyrrole nitrogens is 1. The normalized spacial score (nSPS) is 14.2. The maximum absolute atomic E-state index is 12.7. The van der Waals surface area contributed by atoms with Crippen LogP contribution < -0.4 is 0 Å². The lowest BCUT2D eigenvalue weighted by molar-refractivity contribution is 0.0670. The molecule has 0 aromatic carbocycles. The number of aromatic amines is 1. The molecule has 3 heterocycles. The Morgan fingerprint density at radius 3 is 2.71 bits per heavy atom. The van der Waals surface area contributed by atoms with Gasteiger partial charge in [-0.05, 0) is 11.5 Å². The van der Waals surface area contributed by atoms with E-state index in [0.29, 0.717) is 33.7 Å². The highest BCUT2D eigenvalue weighted by molar-refractivity contribution is 6.25. The van der Waals surface area contributed by atoms with Crippen molar-refractivity contribution >= 4 is 22.8 Å². The number of carbonyl (C=O) groups is 2. The Hall–Kier alpha value is -3.02. The number of pyridine rings is 1. The van der Waals surface area contributed by atoms with E-state index in [-0.39, 0.29) is 18.4 Å². The molecule has 1 N–H and O–H groups in total. The first-order valence-electron chi connectivity index (χ1n) is 7.63. The molecule has 0 aliphatic carbocycles. The molecular weight excluding hydrogens is 304 g/mol. The molecule has 2 aromatic rings. The molecule has 0 atom stereocenters. The summed E-state index contributed by atoms with van der Waals surface area (Å²) in [5.41, 5.74) is 2.76. The van der Waals surface area contributed by atoms with Crippen LogP contribution in [0.3, 0.4) is 0 Å². The Kier molecular flexibility index (Phi) is 3.89. The first-order chi connectivity index (χ1) is 11.4. The third-order valence-corrected chi connectivity index (χ3v) is 4.05. The smallest absolute Gasteiger partial charge is 0.263 e. The summed E-state index contributed by atoms with van der Waals surface area (Å²) in [5.74, 6) is -0.377. The molecule has 6 nitrogen and oxygen atoms in total. The van der Waals surface area contributed by atoms with Gasteiger partial charge in [-0.25, -0.2) is 4.98 Å². The quantitative estimate of drug-likeness (QED) is 0.678. The van der Waals surface area contributed by atoms with E-state index in [0.717, 1.165) is 5.57 Å². The number of hydrogen-bond donors (Lipinski definition) is 1. The van der Waals surface area contributed by atoms with Gasteiger partial charge in [0.05, 0.1) is 29.3 Å². The number of allylic oxidation sites excluding steroid dienone is 2. The average Bonchev–Trinajstić information content (AvgIpc) is 3.11. The first-order valence-corrected chi connectivity index (χ1v) is 7.63. The van der Waals surface area contributed by atoms with Crippen LogP contribution in [-0.2, 0) is 0 Å². The molecule has 1 aliphatic heterocycles. The fraction of sp³-hybridized carbons (Fsp3) is 0.222. The predicted molar refractivity (Wildman–Crippen MR) is 91.5 cm³/mol. The van der Waals surface area contributed by atoms with E-state index in [1.165, 1.54) is 17.3 Å². The van der Waals surface area contributed by atoms with Crippen LogP contribution in [0.2, 0.25) is 0 Å². The minimum atomic E-state index is -0.358. The van der Waals surface area contributed by atoms with Crippen LogP contribution >= 0.6 is 0 Å². The van der Waals surface area contributed by atoms with Crippen molar-refractivity contribution < 1.29 is 9.59 Å². The van der Waals surface area contributed by atoms with E-state index in [1.807, 2.05) is 19.9 Å². The second-order valence-corrected chi connectivity index (χ2v) is 6.10.